The quantitative estimate of drug-likeness (QED) is 0.207. The van der Waals surface area contributed by atoms with Gasteiger partial charge in [-0.25, -0.2) is 13.8 Å². The molecule has 0 saturated carbocycles. The summed E-state index contributed by atoms with van der Waals surface area (Å²) in [6, 6.07) is 2.48. The highest BCUT2D eigenvalue weighted by atomic mass is 19.1. The van der Waals surface area contributed by atoms with Crippen molar-refractivity contribution < 1.29 is 13.6 Å². The topological polar surface area (TPSA) is 129 Å². The summed E-state index contributed by atoms with van der Waals surface area (Å²) in [5.74, 6) is -2.72. The van der Waals surface area contributed by atoms with E-state index in [4.69, 9.17) is 22.3 Å². The first-order valence-electron chi connectivity index (χ1n) is 7.28. The van der Waals surface area contributed by atoms with E-state index in [1.807, 2.05) is 13.8 Å². The average molecular weight is 347 g/mol. The largest absolute Gasteiger partial charge is 0.398 e. The molecule has 1 aromatic carbocycles. The van der Waals surface area contributed by atoms with Crippen LogP contribution in [-0.4, -0.2) is 23.7 Å². The van der Waals surface area contributed by atoms with Gasteiger partial charge < -0.3 is 16.9 Å². The lowest BCUT2D eigenvalue weighted by Crippen LogP contribution is -2.20. The van der Waals surface area contributed by atoms with Crippen LogP contribution in [0.5, 0.6) is 0 Å². The summed E-state index contributed by atoms with van der Waals surface area (Å²) in [6.45, 7) is 3.63. The van der Waals surface area contributed by atoms with Crippen LogP contribution in [0.2, 0.25) is 0 Å². The fourth-order valence-electron chi connectivity index (χ4n) is 1.66. The molecule has 1 rings (SSSR count). The first-order chi connectivity index (χ1) is 11.7. The van der Waals surface area contributed by atoms with Crippen LogP contribution in [0.25, 0.3) is 0 Å². The van der Waals surface area contributed by atoms with Gasteiger partial charge in [0.05, 0.1) is 11.1 Å². The van der Waals surface area contributed by atoms with Gasteiger partial charge >= 0.3 is 0 Å². The fourth-order valence-corrected chi connectivity index (χ4v) is 1.66. The Kier molecular flexibility index (Phi) is 6.86. The van der Waals surface area contributed by atoms with Gasteiger partial charge in [-0.2, -0.15) is 0 Å². The Morgan fingerprint density at radius 1 is 1.24 bits per heavy atom. The van der Waals surface area contributed by atoms with Crippen molar-refractivity contribution in [1.29, 1.82) is 10.8 Å². The number of benzene rings is 1. The lowest BCUT2D eigenvalue weighted by atomic mass is 10.0. The van der Waals surface area contributed by atoms with Crippen molar-refractivity contribution in [2.45, 2.75) is 13.8 Å². The van der Waals surface area contributed by atoms with E-state index in [-0.39, 0.29) is 28.9 Å². The molecular formula is C17H19F2N5O. The molecule has 0 aromatic heterocycles. The van der Waals surface area contributed by atoms with E-state index >= 15 is 0 Å². The van der Waals surface area contributed by atoms with Crippen molar-refractivity contribution in [3.05, 3.63) is 58.8 Å². The molecule has 1 aromatic rings. The van der Waals surface area contributed by atoms with E-state index in [1.54, 1.807) is 0 Å². The lowest BCUT2D eigenvalue weighted by molar-refractivity contribution is 0.103. The molecule has 0 atom stereocenters. The minimum Gasteiger partial charge on any atom is -0.398 e. The summed E-state index contributed by atoms with van der Waals surface area (Å²) < 4.78 is 26.6. The number of rotatable bonds is 6. The van der Waals surface area contributed by atoms with E-state index in [0.29, 0.717) is 12.3 Å². The molecule has 8 heteroatoms. The molecule has 0 saturated heterocycles. The number of aliphatic imine (C=N–C) groups is 1. The van der Waals surface area contributed by atoms with E-state index in [2.05, 4.69) is 4.99 Å². The van der Waals surface area contributed by atoms with Crippen LogP contribution in [0, 0.1) is 28.4 Å². The van der Waals surface area contributed by atoms with Crippen molar-refractivity contribution in [1.82, 2.24) is 0 Å². The third-order valence-corrected chi connectivity index (χ3v) is 3.14. The zero-order valence-corrected chi connectivity index (χ0v) is 13.8. The van der Waals surface area contributed by atoms with Gasteiger partial charge in [0.1, 0.15) is 23.3 Å². The van der Waals surface area contributed by atoms with Gasteiger partial charge in [0.25, 0.3) is 0 Å². The lowest BCUT2D eigenvalue weighted by Gasteiger charge is -2.05. The van der Waals surface area contributed by atoms with Crippen LogP contribution in [0.1, 0.15) is 24.2 Å². The highest BCUT2D eigenvalue weighted by Gasteiger charge is 2.17. The highest BCUT2D eigenvalue weighted by molar-refractivity contribution is 6.21. The second-order valence-electron chi connectivity index (χ2n) is 5.38. The maximum Gasteiger partial charge on any atom is 0.199 e. The molecule has 0 bridgehead atoms. The fraction of sp³-hybridized carbons (Fsp3) is 0.176. The summed E-state index contributed by atoms with van der Waals surface area (Å²) in [6.07, 6.45) is 3.06. The number of nitrogens with zero attached hydrogens (tertiary/aromatic N) is 1. The van der Waals surface area contributed by atoms with Gasteiger partial charge in [0.2, 0.25) is 0 Å². The minimum atomic E-state index is -1.05. The molecule has 0 aliphatic rings. The number of amidine groups is 2. The molecule has 0 fully saturated rings. The third-order valence-electron chi connectivity index (χ3n) is 3.14. The summed E-state index contributed by atoms with van der Waals surface area (Å²) >= 11 is 0. The molecule has 6 N–H and O–H groups in total. The molecule has 0 heterocycles. The molecule has 0 aliphatic carbocycles. The number of Topliss-reactive ketones (excluding diaryl/α,β-unsaturated/α-hetero) is 1. The number of allylic oxidation sites excluding steroid dienone is 2. The Bertz CT molecular complexity index is 794. The number of hydrogen-bond acceptors (Lipinski definition) is 4. The highest BCUT2D eigenvalue weighted by Crippen LogP contribution is 2.15. The molecule has 25 heavy (non-hydrogen) atoms. The standard InChI is InChI=1S/C17H19F2N5O/c1-9(2)17(23)24-15(22)6-5-14(21)12(8-20)16(25)11-4-3-10(18)7-13(11)19/h3-9,20H,21H2,1-2H3,(H3,22,23,24)/b6-5-,14-12+,20-8?. The maximum absolute atomic E-state index is 13.7. The summed E-state index contributed by atoms with van der Waals surface area (Å²) in [5, 5.41) is 15.0. The first-order valence-corrected chi connectivity index (χ1v) is 7.28. The number of carbonyl (C=O) groups is 1. The van der Waals surface area contributed by atoms with Crippen LogP contribution in [0.4, 0.5) is 8.78 Å². The van der Waals surface area contributed by atoms with Gasteiger partial charge in [-0.3, -0.25) is 10.2 Å². The van der Waals surface area contributed by atoms with Gasteiger partial charge in [-0.15, -0.1) is 0 Å². The summed E-state index contributed by atoms with van der Waals surface area (Å²) in [5.41, 5.74) is 10.5. The predicted molar refractivity (Wildman–Crippen MR) is 94.0 cm³/mol. The first kappa shape index (κ1) is 19.9. The Labute approximate surface area is 144 Å². The molecule has 132 valence electrons. The molecule has 0 unspecified atom stereocenters. The number of halogens is 2. The molecule has 0 spiro atoms. The van der Waals surface area contributed by atoms with Gasteiger partial charge in [-0.05, 0) is 24.3 Å². The monoisotopic (exact) mass is 347 g/mol. The second-order valence-corrected chi connectivity index (χ2v) is 5.38. The van der Waals surface area contributed by atoms with Crippen LogP contribution in [-0.2, 0) is 0 Å². The molecule has 0 radical (unpaired) electrons. The van der Waals surface area contributed by atoms with Crippen LogP contribution < -0.4 is 11.5 Å². The van der Waals surface area contributed by atoms with Gasteiger partial charge in [0, 0.05) is 23.9 Å². The number of nitrogens with one attached hydrogen (secondary N) is 2. The van der Waals surface area contributed by atoms with Crippen LogP contribution >= 0.6 is 0 Å². The third kappa shape index (κ3) is 5.45. The molecular weight excluding hydrogens is 328 g/mol. The van der Waals surface area contributed by atoms with E-state index in [9.17, 15) is 13.6 Å². The normalized spacial score (nSPS) is 13.1. The van der Waals surface area contributed by atoms with Crippen molar-refractivity contribution >= 4 is 23.7 Å². The van der Waals surface area contributed by atoms with E-state index in [1.165, 1.54) is 12.2 Å². The average Bonchev–Trinajstić information content (AvgIpc) is 2.53. The predicted octanol–water partition coefficient (Wildman–Crippen LogP) is 2.56. The van der Waals surface area contributed by atoms with Crippen molar-refractivity contribution in [2.24, 2.45) is 22.4 Å². The number of hydrogen-bond donors (Lipinski definition) is 4. The van der Waals surface area contributed by atoms with Crippen LogP contribution in [0.15, 0.2) is 46.6 Å². The SMILES string of the molecule is CC(C)C(N)=NC(=N)/C=C\C(N)=C(\C=N)C(=O)c1ccc(F)cc1F. The Morgan fingerprint density at radius 3 is 2.40 bits per heavy atom. The van der Waals surface area contributed by atoms with Crippen molar-refractivity contribution in [2.75, 3.05) is 0 Å². The van der Waals surface area contributed by atoms with Crippen molar-refractivity contribution in [3.63, 3.8) is 0 Å². The zero-order chi connectivity index (χ0) is 19.1. The van der Waals surface area contributed by atoms with Gasteiger partial charge in [0.15, 0.2) is 5.78 Å². The molecule has 0 aliphatic heterocycles. The molecule has 6 nitrogen and oxygen atoms in total. The Balaban J connectivity index is 3.12. The van der Waals surface area contributed by atoms with Gasteiger partial charge in [-0.1, -0.05) is 13.8 Å². The Morgan fingerprint density at radius 2 is 1.88 bits per heavy atom. The van der Waals surface area contributed by atoms with E-state index in [0.717, 1.165) is 12.1 Å². The zero-order valence-electron chi connectivity index (χ0n) is 13.8. The smallest absolute Gasteiger partial charge is 0.199 e. The number of nitrogens with two attached hydrogens (primary N) is 2. The maximum atomic E-state index is 13.7. The second kappa shape index (κ2) is 8.62. The summed E-state index contributed by atoms with van der Waals surface area (Å²) in [4.78, 5) is 16.1. The van der Waals surface area contributed by atoms with Crippen LogP contribution in [0.3, 0.4) is 0 Å². The Hall–Kier alpha value is -3.16. The van der Waals surface area contributed by atoms with E-state index < -0.39 is 23.0 Å². The minimum absolute atomic E-state index is 0.0400. The number of ketones is 1. The van der Waals surface area contributed by atoms with Crippen molar-refractivity contribution in [3.8, 4) is 0 Å². The number of carbonyl (C=O) groups excluding carboxylic acids is 1. The molecule has 0 amide bonds. The summed E-state index contributed by atoms with van der Waals surface area (Å²) in [7, 11) is 0.